The number of carbonyl (C=O) groups excluding carboxylic acids is 1. The van der Waals surface area contributed by atoms with Crippen molar-refractivity contribution >= 4 is 29.0 Å². The zero-order valence-corrected chi connectivity index (χ0v) is 11.8. The first-order valence-corrected chi connectivity index (χ1v) is 7.64. The summed E-state index contributed by atoms with van der Waals surface area (Å²) in [4.78, 5) is 10.8. The molecule has 0 radical (unpaired) electrons. The van der Waals surface area contributed by atoms with Crippen molar-refractivity contribution in [1.82, 2.24) is 10.6 Å². The van der Waals surface area contributed by atoms with Gasteiger partial charge in [-0.05, 0) is 23.4 Å². The van der Waals surface area contributed by atoms with E-state index < -0.39 is 0 Å². The van der Waals surface area contributed by atoms with E-state index in [-0.39, 0.29) is 5.91 Å². The van der Waals surface area contributed by atoms with Crippen LogP contribution in [0, 0.1) is 0 Å². The molecule has 1 aliphatic heterocycles. The molecular weight excluding hydrogens is 252 g/mol. The van der Waals surface area contributed by atoms with Gasteiger partial charge in [-0.1, -0.05) is 6.92 Å². The summed E-state index contributed by atoms with van der Waals surface area (Å²) >= 11 is 3.81. The molecule has 2 atom stereocenters. The summed E-state index contributed by atoms with van der Waals surface area (Å²) in [7, 11) is 0. The van der Waals surface area contributed by atoms with E-state index in [0.717, 1.165) is 13.0 Å². The van der Waals surface area contributed by atoms with Crippen molar-refractivity contribution in [2.45, 2.75) is 35.8 Å². The molecule has 2 N–H and O–H groups in total. The summed E-state index contributed by atoms with van der Waals surface area (Å²) in [6.45, 7) is 5.36. The molecule has 0 spiro atoms. The van der Waals surface area contributed by atoms with Crippen LogP contribution in [0.3, 0.4) is 0 Å². The largest absolute Gasteiger partial charge is 0.355 e. The normalized spacial score (nSPS) is 23.2. The second-order valence-corrected chi connectivity index (χ2v) is 6.94. The number of hydrogen-bond donors (Lipinski definition) is 2. The van der Waals surface area contributed by atoms with Gasteiger partial charge in [0.05, 0.1) is 4.21 Å². The van der Waals surface area contributed by atoms with E-state index in [1.54, 1.807) is 6.92 Å². The molecule has 1 aromatic rings. The zero-order valence-electron chi connectivity index (χ0n) is 10.2. The summed E-state index contributed by atoms with van der Waals surface area (Å²) in [5.41, 5.74) is 1.43. The van der Waals surface area contributed by atoms with Crippen molar-refractivity contribution in [3.63, 3.8) is 0 Å². The van der Waals surface area contributed by atoms with Crippen molar-refractivity contribution in [2.24, 2.45) is 0 Å². The van der Waals surface area contributed by atoms with Gasteiger partial charge in [0, 0.05) is 31.3 Å². The Kier molecular flexibility index (Phi) is 4.48. The fourth-order valence-electron chi connectivity index (χ4n) is 2.03. The average molecular weight is 270 g/mol. The quantitative estimate of drug-likeness (QED) is 0.826. The molecule has 1 aliphatic rings. The highest BCUT2D eigenvalue weighted by Gasteiger charge is 2.25. The lowest BCUT2D eigenvalue weighted by Gasteiger charge is -2.27. The number of nitrogens with one attached hydrogen (secondary N) is 2. The summed E-state index contributed by atoms with van der Waals surface area (Å²) in [6, 6.07) is 2.66. The molecule has 1 amide bonds. The Morgan fingerprint density at radius 3 is 3.12 bits per heavy atom. The summed E-state index contributed by atoms with van der Waals surface area (Å²) in [6.07, 6.45) is 1.16. The molecule has 2 heterocycles. The molecule has 94 valence electrons. The monoisotopic (exact) mass is 270 g/mol. The van der Waals surface area contributed by atoms with Gasteiger partial charge < -0.3 is 10.6 Å². The Morgan fingerprint density at radius 1 is 1.53 bits per heavy atom. The van der Waals surface area contributed by atoms with Crippen molar-refractivity contribution < 1.29 is 4.79 Å². The molecule has 0 aliphatic carbocycles. The Labute approximate surface area is 110 Å². The lowest BCUT2D eigenvalue weighted by Crippen LogP contribution is -2.34. The third-order valence-corrected chi connectivity index (χ3v) is 5.14. The van der Waals surface area contributed by atoms with Crippen LogP contribution in [0.4, 0.5) is 0 Å². The van der Waals surface area contributed by atoms with Crippen LogP contribution in [0.25, 0.3) is 0 Å². The van der Waals surface area contributed by atoms with Gasteiger partial charge in [-0.15, -0.1) is 23.1 Å². The Hall–Kier alpha value is -0.520. The van der Waals surface area contributed by atoms with Crippen LogP contribution in [0.2, 0.25) is 0 Å². The predicted octanol–water partition coefficient (Wildman–Crippen LogP) is 2.40. The van der Waals surface area contributed by atoms with Crippen molar-refractivity contribution in [1.29, 1.82) is 0 Å². The molecule has 0 saturated carbocycles. The lowest BCUT2D eigenvalue weighted by atomic mass is 10.1. The number of carbonyl (C=O) groups is 1. The van der Waals surface area contributed by atoms with Gasteiger partial charge in [0.1, 0.15) is 0 Å². The fourth-order valence-corrected chi connectivity index (χ4v) is 4.59. The number of fused-ring (bicyclic) bond motifs is 1. The predicted molar refractivity (Wildman–Crippen MR) is 73.7 cm³/mol. The van der Waals surface area contributed by atoms with Crippen molar-refractivity contribution in [3.05, 3.63) is 17.0 Å². The van der Waals surface area contributed by atoms with E-state index >= 15 is 0 Å². The second-order valence-electron chi connectivity index (χ2n) is 4.32. The first-order chi connectivity index (χ1) is 8.16. The standard InChI is InChI=1S/C12H18N2OS2/c1-8-7-11(14-5-4-13-9(2)15)10-3-6-16-12(10)17-8/h3,6,8,11,14H,4-5,7H2,1-2H3,(H,13,15)/t8-,11?/m0/s1. The Balaban J connectivity index is 1.87. The molecule has 1 unspecified atom stereocenters. The van der Waals surface area contributed by atoms with Crippen LogP contribution in [0.1, 0.15) is 31.9 Å². The van der Waals surface area contributed by atoms with E-state index in [1.165, 1.54) is 9.77 Å². The van der Waals surface area contributed by atoms with Gasteiger partial charge in [0.2, 0.25) is 5.91 Å². The molecule has 1 aromatic heterocycles. The first-order valence-electron chi connectivity index (χ1n) is 5.88. The van der Waals surface area contributed by atoms with Crippen molar-refractivity contribution in [3.8, 4) is 0 Å². The van der Waals surface area contributed by atoms with E-state index in [4.69, 9.17) is 0 Å². The molecule has 0 bridgehead atoms. The number of rotatable bonds is 4. The maximum atomic E-state index is 10.8. The SMILES string of the molecule is CC(=O)NCCNC1C[C@H](C)Sc2sccc21. The van der Waals surface area contributed by atoms with Crippen LogP contribution >= 0.6 is 23.1 Å². The van der Waals surface area contributed by atoms with Crippen LogP contribution in [0.15, 0.2) is 15.7 Å². The minimum atomic E-state index is 0.0376. The minimum absolute atomic E-state index is 0.0376. The molecule has 5 heteroatoms. The van der Waals surface area contributed by atoms with Gasteiger partial charge in [-0.3, -0.25) is 4.79 Å². The highest BCUT2D eigenvalue weighted by molar-refractivity contribution is 8.01. The topological polar surface area (TPSA) is 41.1 Å². The summed E-state index contributed by atoms with van der Waals surface area (Å²) in [5.74, 6) is 0.0376. The van der Waals surface area contributed by atoms with E-state index in [9.17, 15) is 4.79 Å². The summed E-state index contributed by atoms with van der Waals surface area (Å²) < 4.78 is 1.45. The number of hydrogen-bond acceptors (Lipinski definition) is 4. The van der Waals surface area contributed by atoms with Crippen molar-refractivity contribution in [2.75, 3.05) is 13.1 Å². The third-order valence-electron chi connectivity index (χ3n) is 2.80. The highest BCUT2D eigenvalue weighted by Crippen LogP contribution is 2.43. The van der Waals surface area contributed by atoms with E-state index in [1.807, 2.05) is 23.1 Å². The molecule has 3 nitrogen and oxygen atoms in total. The van der Waals surface area contributed by atoms with Gasteiger partial charge in [0.15, 0.2) is 0 Å². The van der Waals surface area contributed by atoms with E-state index in [2.05, 4.69) is 29.0 Å². The third kappa shape index (κ3) is 3.47. The Morgan fingerprint density at radius 2 is 2.35 bits per heavy atom. The highest BCUT2D eigenvalue weighted by atomic mass is 32.2. The minimum Gasteiger partial charge on any atom is -0.355 e. The van der Waals surface area contributed by atoms with Gasteiger partial charge in [-0.25, -0.2) is 0 Å². The molecule has 17 heavy (non-hydrogen) atoms. The Bertz CT molecular complexity index is 392. The maximum Gasteiger partial charge on any atom is 0.216 e. The van der Waals surface area contributed by atoms with Crippen LogP contribution < -0.4 is 10.6 Å². The van der Waals surface area contributed by atoms with Crippen LogP contribution in [-0.2, 0) is 4.79 Å². The van der Waals surface area contributed by atoms with E-state index in [0.29, 0.717) is 17.8 Å². The summed E-state index contributed by atoms with van der Waals surface area (Å²) in [5, 5.41) is 9.17. The van der Waals surface area contributed by atoms with Gasteiger partial charge in [-0.2, -0.15) is 0 Å². The molecular formula is C12H18N2OS2. The first kappa shape index (κ1) is 12.9. The fraction of sp³-hybridized carbons (Fsp3) is 0.583. The van der Waals surface area contributed by atoms with Crippen LogP contribution in [-0.4, -0.2) is 24.2 Å². The molecule has 0 saturated heterocycles. The second kappa shape index (κ2) is 5.89. The van der Waals surface area contributed by atoms with Gasteiger partial charge >= 0.3 is 0 Å². The smallest absolute Gasteiger partial charge is 0.216 e. The molecule has 0 fully saturated rings. The average Bonchev–Trinajstić information content (AvgIpc) is 2.71. The number of amides is 1. The number of thioether (sulfide) groups is 1. The van der Waals surface area contributed by atoms with Crippen LogP contribution in [0.5, 0.6) is 0 Å². The molecule has 2 rings (SSSR count). The number of thiophene rings is 1. The zero-order chi connectivity index (χ0) is 12.3. The van der Waals surface area contributed by atoms with Gasteiger partial charge in [0.25, 0.3) is 0 Å². The lowest BCUT2D eigenvalue weighted by molar-refractivity contribution is -0.118. The maximum absolute atomic E-state index is 10.8. The molecule has 0 aromatic carbocycles.